The summed E-state index contributed by atoms with van der Waals surface area (Å²) in [4.78, 5) is 23.5. The van der Waals surface area contributed by atoms with Gasteiger partial charge in [0, 0.05) is 32.8 Å². The molecule has 0 atom stereocenters. The molecule has 1 aliphatic carbocycles. The second-order valence-electron chi connectivity index (χ2n) is 7.69. The first-order valence-corrected chi connectivity index (χ1v) is 10.8. The second-order valence-corrected chi connectivity index (χ2v) is 8.61. The van der Waals surface area contributed by atoms with E-state index >= 15 is 0 Å². The molecule has 1 aliphatic rings. The molecule has 0 radical (unpaired) electrons. The van der Waals surface area contributed by atoms with Crippen LogP contribution in [-0.2, 0) is 11.8 Å². The highest BCUT2D eigenvalue weighted by atomic mass is 32.1. The number of aromatic nitrogens is 4. The summed E-state index contributed by atoms with van der Waals surface area (Å²) >= 11 is 1.67. The molecule has 3 aromatic rings. The van der Waals surface area contributed by atoms with E-state index in [9.17, 15) is 4.79 Å². The van der Waals surface area contributed by atoms with Crippen molar-refractivity contribution < 1.29 is 4.79 Å². The third kappa shape index (κ3) is 4.32. The van der Waals surface area contributed by atoms with Gasteiger partial charge in [0.15, 0.2) is 11.6 Å². The summed E-state index contributed by atoms with van der Waals surface area (Å²) < 4.78 is 2.85. The molecule has 0 spiro atoms. The van der Waals surface area contributed by atoms with Crippen molar-refractivity contribution in [3.8, 4) is 0 Å². The zero-order chi connectivity index (χ0) is 20.4. The zero-order valence-electron chi connectivity index (χ0n) is 16.8. The van der Waals surface area contributed by atoms with Crippen molar-refractivity contribution in [3.63, 3.8) is 0 Å². The van der Waals surface area contributed by atoms with Crippen LogP contribution in [-0.4, -0.2) is 38.6 Å². The molecule has 0 unspecified atom stereocenters. The first-order chi connectivity index (χ1) is 14.0. The Bertz CT molecular complexity index is 1020. The minimum atomic E-state index is 0.156. The van der Waals surface area contributed by atoms with Gasteiger partial charge in [-0.05, 0) is 49.1 Å². The topological polar surface area (TPSA) is 75.9 Å². The molecule has 1 saturated carbocycles. The second kappa shape index (κ2) is 8.32. The van der Waals surface area contributed by atoms with Gasteiger partial charge in [0.2, 0.25) is 5.95 Å². The Labute approximate surface area is 174 Å². The lowest BCUT2D eigenvalue weighted by Gasteiger charge is -2.35. The van der Waals surface area contributed by atoms with Crippen molar-refractivity contribution >= 4 is 44.8 Å². The van der Waals surface area contributed by atoms with Crippen LogP contribution in [0.25, 0.3) is 10.2 Å². The summed E-state index contributed by atoms with van der Waals surface area (Å²) in [5, 5.41) is 9.51. The van der Waals surface area contributed by atoms with Crippen LogP contribution in [0.2, 0.25) is 0 Å². The standard InChI is InChI=1S/C21H26N6OS/c1-4-17(28)11-14-5-7-16(8-6-14)27(3)20-19-18(9-10-29-19)24-21(25-20)23-15-12-22-26(2)13-15/h4,9-10,12-14,16H,1,5-8,11H2,2-3H3,(H,23,24,25). The van der Waals surface area contributed by atoms with Crippen molar-refractivity contribution in [1.82, 2.24) is 19.7 Å². The number of thiophene rings is 1. The molecule has 0 aliphatic heterocycles. The Kier molecular flexibility index (Phi) is 5.62. The highest BCUT2D eigenvalue weighted by Gasteiger charge is 2.27. The van der Waals surface area contributed by atoms with Crippen LogP contribution in [0.1, 0.15) is 32.1 Å². The normalized spacial score (nSPS) is 19.2. The zero-order valence-corrected chi connectivity index (χ0v) is 17.7. The van der Waals surface area contributed by atoms with Crippen molar-refractivity contribution in [2.75, 3.05) is 17.3 Å². The summed E-state index contributed by atoms with van der Waals surface area (Å²) in [6, 6.07) is 2.45. The molecule has 4 rings (SSSR count). The van der Waals surface area contributed by atoms with Gasteiger partial charge in [-0.1, -0.05) is 6.58 Å². The number of ketones is 1. The number of anilines is 3. The van der Waals surface area contributed by atoms with E-state index in [1.807, 2.05) is 19.3 Å². The summed E-state index contributed by atoms with van der Waals surface area (Å²) in [5.41, 5.74) is 1.81. The molecule has 0 bridgehead atoms. The van der Waals surface area contributed by atoms with E-state index < -0.39 is 0 Å². The third-order valence-corrected chi connectivity index (χ3v) is 6.56. The van der Waals surface area contributed by atoms with Gasteiger partial charge in [0.1, 0.15) is 0 Å². The van der Waals surface area contributed by atoms with Gasteiger partial charge in [-0.3, -0.25) is 9.48 Å². The van der Waals surface area contributed by atoms with E-state index in [2.05, 4.69) is 39.3 Å². The van der Waals surface area contributed by atoms with Gasteiger partial charge in [-0.15, -0.1) is 11.3 Å². The molecule has 0 aromatic carbocycles. The highest BCUT2D eigenvalue weighted by Crippen LogP contribution is 2.35. The SMILES string of the molecule is C=CC(=O)CC1CCC(N(C)c2nc(Nc3cnn(C)c3)nc3ccsc23)CC1. The van der Waals surface area contributed by atoms with Crippen molar-refractivity contribution in [3.05, 3.63) is 36.5 Å². The number of carbonyl (C=O) groups is 1. The van der Waals surface area contributed by atoms with E-state index in [0.717, 1.165) is 47.4 Å². The van der Waals surface area contributed by atoms with Gasteiger partial charge in [0.05, 0.1) is 22.1 Å². The Hall–Kier alpha value is -2.74. The number of nitrogens with one attached hydrogen (secondary N) is 1. The summed E-state index contributed by atoms with van der Waals surface area (Å²) in [7, 11) is 4.00. The number of nitrogens with zero attached hydrogens (tertiary/aromatic N) is 5. The maximum atomic E-state index is 11.7. The number of rotatable bonds is 7. The minimum Gasteiger partial charge on any atom is -0.355 e. The average molecular weight is 411 g/mol. The van der Waals surface area contributed by atoms with E-state index in [1.54, 1.807) is 22.2 Å². The predicted molar refractivity (Wildman–Crippen MR) is 118 cm³/mol. The maximum Gasteiger partial charge on any atom is 0.229 e. The van der Waals surface area contributed by atoms with Crippen molar-refractivity contribution in [1.29, 1.82) is 0 Å². The van der Waals surface area contributed by atoms with Crippen LogP contribution in [0.3, 0.4) is 0 Å². The number of fused-ring (bicyclic) bond motifs is 1. The lowest BCUT2D eigenvalue weighted by molar-refractivity contribution is -0.115. The molecule has 29 heavy (non-hydrogen) atoms. The van der Waals surface area contributed by atoms with Crippen LogP contribution in [0.15, 0.2) is 36.5 Å². The first kappa shape index (κ1) is 19.6. The fourth-order valence-electron chi connectivity index (χ4n) is 4.03. The molecule has 1 fully saturated rings. The number of allylic oxidation sites excluding steroid dienone is 1. The largest absolute Gasteiger partial charge is 0.355 e. The van der Waals surface area contributed by atoms with Crippen LogP contribution in [0, 0.1) is 5.92 Å². The van der Waals surface area contributed by atoms with Crippen LogP contribution < -0.4 is 10.2 Å². The lowest BCUT2D eigenvalue weighted by Crippen LogP contribution is -2.36. The number of aryl methyl sites for hydroxylation is 1. The Morgan fingerprint density at radius 2 is 2.17 bits per heavy atom. The molecule has 1 N–H and O–H groups in total. The summed E-state index contributed by atoms with van der Waals surface area (Å²) in [6.07, 6.45) is 9.99. The Morgan fingerprint density at radius 1 is 1.38 bits per heavy atom. The predicted octanol–water partition coefficient (Wildman–Crippen LogP) is 4.31. The van der Waals surface area contributed by atoms with Gasteiger partial charge in [-0.25, -0.2) is 4.98 Å². The lowest BCUT2D eigenvalue weighted by atomic mass is 9.82. The molecule has 7 nitrogen and oxygen atoms in total. The molecule has 152 valence electrons. The molecular formula is C21H26N6OS. The Balaban J connectivity index is 1.52. The maximum absolute atomic E-state index is 11.7. The van der Waals surface area contributed by atoms with Gasteiger partial charge < -0.3 is 10.2 Å². The fraction of sp³-hybridized carbons (Fsp3) is 0.429. The Morgan fingerprint density at radius 3 is 2.86 bits per heavy atom. The van der Waals surface area contributed by atoms with E-state index in [4.69, 9.17) is 4.98 Å². The highest BCUT2D eigenvalue weighted by molar-refractivity contribution is 7.17. The van der Waals surface area contributed by atoms with Gasteiger partial charge >= 0.3 is 0 Å². The number of carbonyl (C=O) groups excluding carboxylic acids is 1. The van der Waals surface area contributed by atoms with Gasteiger partial charge in [-0.2, -0.15) is 10.1 Å². The molecule has 3 heterocycles. The smallest absolute Gasteiger partial charge is 0.229 e. The van der Waals surface area contributed by atoms with E-state index in [1.165, 1.54) is 6.08 Å². The average Bonchev–Trinajstić information content (AvgIpc) is 3.36. The number of hydrogen-bond donors (Lipinski definition) is 1. The first-order valence-electron chi connectivity index (χ1n) is 9.92. The van der Waals surface area contributed by atoms with Crippen molar-refractivity contribution in [2.24, 2.45) is 13.0 Å². The van der Waals surface area contributed by atoms with Crippen molar-refractivity contribution in [2.45, 2.75) is 38.1 Å². The molecular weight excluding hydrogens is 384 g/mol. The monoisotopic (exact) mass is 410 g/mol. The summed E-state index contributed by atoms with van der Waals surface area (Å²) in [5.74, 6) is 2.17. The van der Waals surface area contributed by atoms with Crippen LogP contribution >= 0.6 is 11.3 Å². The van der Waals surface area contributed by atoms with E-state index in [-0.39, 0.29) is 5.78 Å². The third-order valence-electron chi connectivity index (χ3n) is 5.66. The quantitative estimate of drug-likeness (QED) is 0.585. The molecule has 8 heteroatoms. The fourth-order valence-corrected chi connectivity index (χ4v) is 4.90. The van der Waals surface area contributed by atoms with Crippen LogP contribution in [0.5, 0.6) is 0 Å². The molecule has 0 saturated heterocycles. The van der Waals surface area contributed by atoms with Gasteiger partial charge in [0.25, 0.3) is 0 Å². The minimum absolute atomic E-state index is 0.156. The molecule has 3 aromatic heterocycles. The number of hydrogen-bond acceptors (Lipinski definition) is 7. The van der Waals surface area contributed by atoms with Crippen LogP contribution in [0.4, 0.5) is 17.5 Å². The van der Waals surface area contributed by atoms with E-state index in [0.29, 0.717) is 24.3 Å². The summed E-state index contributed by atoms with van der Waals surface area (Å²) in [6.45, 7) is 3.59. The molecule has 0 amide bonds.